The van der Waals surface area contributed by atoms with E-state index in [0.29, 0.717) is 5.75 Å². The summed E-state index contributed by atoms with van der Waals surface area (Å²) in [7, 11) is 1.45. The normalized spacial score (nSPS) is 10.1. The summed E-state index contributed by atoms with van der Waals surface area (Å²) < 4.78 is 10.5. The van der Waals surface area contributed by atoms with Gasteiger partial charge < -0.3 is 9.47 Å². The van der Waals surface area contributed by atoms with E-state index < -0.39 is 0 Å². The maximum atomic E-state index is 5.59. The fraction of sp³-hybridized carbons (Fsp3) is 0.250. The van der Waals surface area contributed by atoms with Crippen LogP contribution in [0.5, 0.6) is 17.8 Å². The number of nitrogens with two attached hydrogens (primary N) is 1. The number of methoxy groups -OCH3 is 1. The molecule has 0 unspecified atom stereocenters. The third-order valence-electron chi connectivity index (χ3n) is 2.31. The van der Waals surface area contributed by atoms with Gasteiger partial charge in [-0.15, -0.1) is 4.98 Å². The van der Waals surface area contributed by atoms with E-state index in [1.54, 1.807) is 0 Å². The molecule has 2 rings (SSSR count). The van der Waals surface area contributed by atoms with Crippen molar-refractivity contribution in [2.45, 2.75) is 13.8 Å². The number of hydrogen-bond acceptors (Lipinski definition) is 7. The van der Waals surface area contributed by atoms with Crippen molar-refractivity contribution in [3.8, 4) is 17.8 Å². The summed E-state index contributed by atoms with van der Waals surface area (Å²) in [6, 6.07) is 6.07. The van der Waals surface area contributed by atoms with Crippen LogP contribution in [-0.2, 0) is 0 Å². The Kier molecular flexibility index (Phi) is 3.76. The number of anilines is 1. The zero-order chi connectivity index (χ0) is 13.8. The van der Waals surface area contributed by atoms with Gasteiger partial charge in [-0.25, -0.2) is 5.84 Å². The van der Waals surface area contributed by atoms with Crippen molar-refractivity contribution in [2.75, 3.05) is 12.5 Å². The summed E-state index contributed by atoms with van der Waals surface area (Å²) in [5, 5.41) is 0. The van der Waals surface area contributed by atoms with E-state index in [1.807, 2.05) is 32.0 Å². The number of nitrogens with zero attached hydrogens (tertiary/aromatic N) is 3. The predicted molar refractivity (Wildman–Crippen MR) is 70.2 cm³/mol. The van der Waals surface area contributed by atoms with Gasteiger partial charge in [-0.2, -0.15) is 9.97 Å². The van der Waals surface area contributed by atoms with Crippen LogP contribution in [0.25, 0.3) is 0 Å². The maximum Gasteiger partial charge on any atom is 0.330 e. The third-order valence-corrected chi connectivity index (χ3v) is 2.31. The average molecular weight is 261 g/mol. The molecule has 0 spiro atoms. The molecular formula is C12H15N5O2. The Morgan fingerprint density at radius 1 is 1.00 bits per heavy atom. The first-order chi connectivity index (χ1) is 9.10. The molecule has 3 N–H and O–H groups in total. The summed E-state index contributed by atoms with van der Waals surface area (Å²) >= 11 is 0. The Hall–Kier alpha value is -2.41. The Morgan fingerprint density at radius 3 is 2.21 bits per heavy atom. The topological polar surface area (TPSA) is 95.2 Å². The second kappa shape index (κ2) is 5.49. The standard InChI is InChI=1S/C12H15N5O2/c1-7-4-8(2)6-9(5-7)19-12-15-10(17-13)14-11(16-12)18-3/h4-6H,13H2,1-3H3,(H,14,15,16,17). The Morgan fingerprint density at radius 2 is 1.63 bits per heavy atom. The molecule has 100 valence electrons. The number of nitrogen functional groups attached to an aromatic ring is 1. The molecule has 2 aromatic rings. The van der Waals surface area contributed by atoms with Gasteiger partial charge in [0.25, 0.3) is 0 Å². The first kappa shape index (κ1) is 13.0. The van der Waals surface area contributed by atoms with Crippen molar-refractivity contribution >= 4 is 5.95 Å². The monoisotopic (exact) mass is 261 g/mol. The van der Waals surface area contributed by atoms with Crippen molar-refractivity contribution < 1.29 is 9.47 Å². The quantitative estimate of drug-likeness (QED) is 0.637. The minimum Gasteiger partial charge on any atom is -0.467 e. The molecule has 19 heavy (non-hydrogen) atoms. The van der Waals surface area contributed by atoms with Gasteiger partial charge in [0, 0.05) is 0 Å². The van der Waals surface area contributed by atoms with E-state index in [1.165, 1.54) is 7.11 Å². The van der Waals surface area contributed by atoms with Gasteiger partial charge >= 0.3 is 12.0 Å². The first-order valence-electron chi connectivity index (χ1n) is 5.63. The summed E-state index contributed by atoms with van der Waals surface area (Å²) in [5.41, 5.74) is 4.51. The van der Waals surface area contributed by atoms with E-state index in [2.05, 4.69) is 20.4 Å². The molecule has 0 aliphatic carbocycles. The second-order valence-electron chi connectivity index (χ2n) is 4.00. The van der Waals surface area contributed by atoms with Crippen LogP contribution in [0, 0.1) is 13.8 Å². The smallest absolute Gasteiger partial charge is 0.330 e. The van der Waals surface area contributed by atoms with E-state index in [4.69, 9.17) is 15.3 Å². The number of aromatic nitrogens is 3. The minimum absolute atomic E-state index is 0.116. The molecule has 1 aromatic carbocycles. The minimum atomic E-state index is 0.116. The second-order valence-corrected chi connectivity index (χ2v) is 4.00. The lowest BCUT2D eigenvalue weighted by Gasteiger charge is -2.08. The number of nitrogens with one attached hydrogen (secondary N) is 1. The summed E-state index contributed by atoms with van der Waals surface area (Å²) in [6.45, 7) is 3.97. The molecule has 1 aromatic heterocycles. The SMILES string of the molecule is COc1nc(NN)nc(Oc2cc(C)cc(C)c2)n1. The number of hydrogen-bond donors (Lipinski definition) is 2. The van der Waals surface area contributed by atoms with Crippen molar-refractivity contribution in [1.82, 2.24) is 15.0 Å². The maximum absolute atomic E-state index is 5.59. The highest BCUT2D eigenvalue weighted by Crippen LogP contribution is 2.22. The van der Waals surface area contributed by atoms with Crippen LogP contribution in [0.15, 0.2) is 18.2 Å². The predicted octanol–water partition coefficient (Wildman–Crippen LogP) is 1.57. The molecule has 0 aliphatic heterocycles. The molecular weight excluding hydrogens is 246 g/mol. The third kappa shape index (κ3) is 3.29. The molecule has 0 amide bonds. The molecule has 1 heterocycles. The molecule has 0 atom stereocenters. The molecule has 0 aliphatic rings. The van der Waals surface area contributed by atoms with Gasteiger partial charge in [0.2, 0.25) is 5.95 Å². The highest BCUT2D eigenvalue weighted by atomic mass is 16.5. The number of benzene rings is 1. The fourth-order valence-corrected chi connectivity index (χ4v) is 1.64. The van der Waals surface area contributed by atoms with Gasteiger partial charge in [0.15, 0.2) is 0 Å². The zero-order valence-electron chi connectivity index (χ0n) is 11.0. The van der Waals surface area contributed by atoms with Crippen LogP contribution >= 0.6 is 0 Å². The highest BCUT2D eigenvalue weighted by molar-refractivity contribution is 5.35. The van der Waals surface area contributed by atoms with Crippen molar-refractivity contribution in [1.29, 1.82) is 0 Å². The van der Waals surface area contributed by atoms with Gasteiger partial charge in [-0.05, 0) is 37.1 Å². The number of hydrazine groups is 1. The fourth-order valence-electron chi connectivity index (χ4n) is 1.64. The van der Waals surface area contributed by atoms with Crippen molar-refractivity contribution in [3.63, 3.8) is 0 Å². The summed E-state index contributed by atoms with van der Waals surface area (Å²) in [5.74, 6) is 6.09. The van der Waals surface area contributed by atoms with Crippen LogP contribution < -0.4 is 20.7 Å². The molecule has 0 bridgehead atoms. The van der Waals surface area contributed by atoms with Crippen molar-refractivity contribution in [3.05, 3.63) is 29.3 Å². The van der Waals surface area contributed by atoms with Crippen LogP contribution in [0.4, 0.5) is 5.95 Å². The van der Waals surface area contributed by atoms with E-state index in [0.717, 1.165) is 11.1 Å². The summed E-state index contributed by atoms with van der Waals surface area (Å²) in [6.07, 6.45) is 0. The van der Waals surface area contributed by atoms with Crippen LogP contribution in [0.3, 0.4) is 0 Å². The zero-order valence-corrected chi connectivity index (χ0v) is 11.0. The molecule has 7 heteroatoms. The lowest BCUT2D eigenvalue weighted by Crippen LogP contribution is -2.12. The molecule has 7 nitrogen and oxygen atoms in total. The lowest BCUT2D eigenvalue weighted by molar-refractivity contribution is 0.360. The van der Waals surface area contributed by atoms with Crippen LogP contribution in [0.1, 0.15) is 11.1 Å². The van der Waals surface area contributed by atoms with Gasteiger partial charge in [-0.3, -0.25) is 5.43 Å². The number of rotatable bonds is 4. The van der Waals surface area contributed by atoms with Gasteiger partial charge in [0.1, 0.15) is 5.75 Å². The van der Waals surface area contributed by atoms with Crippen molar-refractivity contribution in [2.24, 2.45) is 5.84 Å². The Balaban J connectivity index is 2.31. The highest BCUT2D eigenvalue weighted by Gasteiger charge is 2.08. The molecule has 0 saturated heterocycles. The Labute approximate surface area is 110 Å². The van der Waals surface area contributed by atoms with E-state index in [-0.39, 0.29) is 18.0 Å². The Bertz CT molecular complexity index is 546. The molecule has 0 fully saturated rings. The van der Waals surface area contributed by atoms with Crippen LogP contribution in [-0.4, -0.2) is 22.1 Å². The number of aryl methyl sites for hydroxylation is 2. The first-order valence-corrected chi connectivity index (χ1v) is 5.63. The van der Waals surface area contributed by atoms with Gasteiger partial charge in [-0.1, -0.05) is 6.07 Å². The average Bonchev–Trinajstić information content (AvgIpc) is 2.37. The summed E-state index contributed by atoms with van der Waals surface area (Å²) in [4.78, 5) is 11.9. The van der Waals surface area contributed by atoms with Gasteiger partial charge in [0.05, 0.1) is 7.11 Å². The molecule has 0 saturated carbocycles. The largest absolute Gasteiger partial charge is 0.467 e. The lowest BCUT2D eigenvalue weighted by atomic mass is 10.1. The van der Waals surface area contributed by atoms with Crippen LogP contribution in [0.2, 0.25) is 0 Å². The van der Waals surface area contributed by atoms with E-state index in [9.17, 15) is 0 Å². The molecule has 0 radical (unpaired) electrons. The number of ether oxygens (including phenoxy) is 2. The van der Waals surface area contributed by atoms with E-state index >= 15 is 0 Å².